The number of aromatic nitrogens is 2. The van der Waals surface area contributed by atoms with Crippen molar-refractivity contribution in [2.45, 2.75) is 51.6 Å². The van der Waals surface area contributed by atoms with E-state index in [9.17, 15) is 9.59 Å². The molecule has 1 N–H and O–H groups in total. The highest BCUT2D eigenvalue weighted by Crippen LogP contribution is 2.39. The number of carbonyl (C=O) groups excluding carboxylic acids is 2. The van der Waals surface area contributed by atoms with Crippen molar-refractivity contribution in [3.05, 3.63) is 95.6 Å². The molecular formula is C45H57Cl2N3O8S2. The number of ether oxygens (including phenoxy) is 6. The molecule has 0 bridgehead atoms. The largest absolute Gasteiger partial charge is 1.00 e. The van der Waals surface area contributed by atoms with E-state index in [-0.39, 0.29) is 30.7 Å². The van der Waals surface area contributed by atoms with Gasteiger partial charge in [-0.2, -0.15) is 0 Å². The zero-order chi connectivity index (χ0) is 41.5. The molecule has 2 heterocycles. The number of pyridine rings is 2. The quantitative estimate of drug-likeness (QED) is 0.0570. The zero-order valence-corrected chi connectivity index (χ0v) is 38.4. The van der Waals surface area contributed by atoms with Crippen molar-refractivity contribution in [1.82, 2.24) is 5.32 Å². The van der Waals surface area contributed by atoms with E-state index >= 15 is 0 Å². The van der Waals surface area contributed by atoms with Gasteiger partial charge in [-0.1, -0.05) is 45.9 Å². The number of nitrogens with zero attached hydrogens (tertiary/aromatic N) is 2. The molecule has 0 fully saturated rings. The van der Waals surface area contributed by atoms with E-state index in [0.717, 1.165) is 66.1 Å². The van der Waals surface area contributed by atoms with Crippen LogP contribution in [-0.4, -0.2) is 72.4 Å². The maximum absolute atomic E-state index is 12.4. The molecule has 15 heteroatoms. The summed E-state index contributed by atoms with van der Waals surface area (Å²) < 4.78 is 36.8. The number of hydrogen-bond acceptors (Lipinski definition) is 10. The second-order valence-corrected chi connectivity index (χ2v) is 15.9. The number of ketones is 1. The smallest absolute Gasteiger partial charge is 0.220 e. The van der Waals surface area contributed by atoms with Gasteiger partial charge in [0.25, 0.3) is 0 Å². The Morgan fingerprint density at radius 3 is 1.33 bits per heavy atom. The average Bonchev–Trinajstić information content (AvgIpc) is 3.25. The predicted molar refractivity (Wildman–Crippen MR) is 234 cm³/mol. The molecule has 0 saturated carbocycles. The molecule has 60 heavy (non-hydrogen) atoms. The molecule has 0 saturated heterocycles. The van der Waals surface area contributed by atoms with Gasteiger partial charge in [0, 0.05) is 74.4 Å². The monoisotopic (exact) mass is 901 g/mol. The number of rotatable bonds is 26. The number of Topliss-reactive ketones (excluding diaryl/α,β-unsaturated/α-hetero) is 1. The summed E-state index contributed by atoms with van der Waals surface area (Å²) in [6, 6.07) is 15.8. The van der Waals surface area contributed by atoms with Crippen LogP contribution < -0.4 is 67.7 Å². The predicted octanol–water partition coefficient (Wildman–Crippen LogP) is 1.77. The van der Waals surface area contributed by atoms with E-state index in [1.807, 2.05) is 85.5 Å². The van der Waals surface area contributed by atoms with Crippen LogP contribution in [0.25, 0.3) is 24.3 Å². The molecule has 0 radical (unpaired) electrons. The minimum Gasteiger partial charge on any atom is -1.00 e. The summed E-state index contributed by atoms with van der Waals surface area (Å²) in [5, 5.41) is 3.02. The van der Waals surface area contributed by atoms with Crippen LogP contribution in [0.1, 0.15) is 60.8 Å². The Morgan fingerprint density at radius 2 is 0.917 bits per heavy atom. The first kappa shape index (κ1) is 51.6. The zero-order valence-electron chi connectivity index (χ0n) is 35.2. The maximum atomic E-state index is 12.4. The van der Waals surface area contributed by atoms with Gasteiger partial charge in [-0.3, -0.25) is 9.59 Å². The molecule has 0 spiro atoms. The first-order valence-corrected chi connectivity index (χ1v) is 21.8. The van der Waals surface area contributed by atoms with Gasteiger partial charge in [0.05, 0.1) is 42.7 Å². The summed E-state index contributed by atoms with van der Waals surface area (Å²) in [6.07, 6.45) is 20.3. The maximum Gasteiger partial charge on any atom is 0.220 e. The van der Waals surface area contributed by atoms with E-state index < -0.39 is 0 Å². The third-order valence-corrected chi connectivity index (χ3v) is 11.6. The van der Waals surface area contributed by atoms with Crippen molar-refractivity contribution < 1.29 is 72.0 Å². The summed E-state index contributed by atoms with van der Waals surface area (Å²) >= 11 is 0. The molecule has 0 aliphatic heterocycles. The van der Waals surface area contributed by atoms with E-state index in [4.69, 9.17) is 28.4 Å². The Bertz CT molecular complexity index is 1770. The van der Waals surface area contributed by atoms with Gasteiger partial charge in [-0.05, 0) is 52.9 Å². The normalized spacial score (nSPS) is 10.8. The number of methoxy groups -OCH3 is 6. The van der Waals surface area contributed by atoms with Crippen molar-refractivity contribution in [3.63, 3.8) is 0 Å². The molecule has 4 rings (SSSR count). The highest BCUT2D eigenvalue weighted by molar-refractivity contribution is 8.76. The van der Waals surface area contributed by atoms with Gasteiger partial charge < -0.3 is 58.6 Å². The lowest BCUT2D eigenvalue weighted by atomic mass is 10.1. The topological polar surface area (TPSA) is 109 Å². The van der Waals surface area contributed by atoms with E-state index in [2.05, 4.69) is 26.6 Å². The van der Waals surface area contributed by atoms with Crippen molar-refractivity contribution in [2.75, 3.05) is 60.7 Å². The number of nitrogens with one attached hydrogen (secondary N) is 1. The van der Waals surface area contributed by atoms with Crippen molar-refractivity contribution in [3.8, 4) is 34.5 Å². The molecule has 1 amide bonds. The summed E-state index contributed by atoms with van der Waals surface area (Å²) in [5.74, 6) is 5.70. The molecule has 2 aromatic heterocycles. The van der Waals surface area contributed by atoms with Crippen LogP contribution in [0.4, 0.5) is 0 Å². The Kier molecular flexibility index (Phi) is 24.8. The van der Waals surface area contributed by atoms with E-state index in [1.54, 1.807) is 64.2 Å². The van der Waals surface area contributed by atoms with Crippen LogP contribution in [0.5, 0.6) is 34.5 Å². The van der Waals surface area contributed by atoms with Gasteiger partial charge in [0.2, 0.25) is 17.4 Å². The molecule has 0 aliphatic rings. The fourth-order valence-electron chi connectivity index (χ4n) is 6.01. The third-order valence-electron chi connectivity index (χ3n) is 9.11. The second kappa shape index (κ2) is 28.8. The van der Waals surface area contributed by atoms with Crippen LogP contribution in [0, 0.1) is 0 Å². The van der Waals surface area contributed by atoms with Gasteiger partial charge >= 0.3 is 0 Å². The van der Waals surface area contributed by atoms with Crippen molar-refractivity contribution in [2.24, 2.45) is 0 Å². The summed E-state index contributed by atoms with van der Waals surface area (Å²) in [4.78, 5) is 24.8. The van der Waals surface area contributed by atoms with Crippen LogP contribution in [0.3, 0.4) is 0 Å². The third kappa shape index (κ3) is 17.2. The Labute approximate surface area is 375 Å². The number of halogens is 2. The van der Waals surface area contributed by atoms with Crippen molar-refractivity contribution >= 4 is 57.6 Å². The van der Waals surface area contributed by atoms with Crippen molar-refractivity contribution in [1.29, 1.82) is 0 Å². The molecule has 4 aromatic rings. The Balaban J connectivity index is 0.00000620. The van der Waals surface area contributed by atoms with Crippen LogP contribution >= 0.6 is 21.6 Å². The van der Waals surface area contributed by atoms with Gasteiger partial charge in [-0.15, -0.1) is 0 Å². The molecular weight excluding hydrogens is 846 g/mol. The minimum absolute atomic E-state index is 0. The number of carbonyl (C=O) groups is 2. The first-order valence-electron chi connectivity index (χ1n) is 19.3. The first-order chi connectivity index (χ1) is 28.3. The number of benzene rings is 2. The lowest BCUT2D eigenvalue weighted by molar-refractivity contribution is -0.697. The summed E-state index contributed by atoms with van der Waals surface area (Å²) in [5.41, 5.74) is 3.99. The molecule has 2 aromatic carbocycles. The molecule has 326 valence electrons. The highest BCUT2D eigenvalue weighted by Gasteiger charge is 2.14. The van der Waals surface area contributed by atoms with Gasteiger partial charge in [-0.25, -0.2) is 9.13 Å². The fraction of sp³-hybridized carbons (Fsp3) is 0.378. The molecule has 0 unspecified atom stereocenters. The lowest BCUT2D eigenvalue weighted by Gasteiger charge is -2.12. The number of hydrogen-bond donors (Lipinski definition) is 1. The number of aryl methyl sites for hydroxylation is 2. The van der Waals surface area contributed by atoms with Gasteiger partial charge in [0.1, 0.15) is 18.9 Å². The van der Waals surface area contributed by atoms with Gasteiger partial charge in [0.15, 0.2) is 47.8 Å². The van der Waals surface area contributed by atoms with Crippen LogP contribution in [-0.2, 0) is 22.7 Å². The highest BCUT2D eigenvalue weighted by atomic mass is 35.5. The molecule has 0 aliphatic carbocycles. The number of amides is 1. The van der Waals surface area contributed by atoms with E-state index in [0.29, 0.717) is 66.1 Å². The average molecular weight is 903 g/mol. The molecule has 0 atom stereocenters. The van der Waals surface area contributed by atoms with Crippen LogP contribution in [0.15, 0.2) is 73.3 Å². The second-order valence-electron chi connectivity index (χ2n) is 13.2. The van der Waals surface area contributed by atoms with E-state index in [1.165, 1.54) is 0 Å². The summed E-state index contributed by atoms with van der Waals surface area (Å²) in [6.45, 7) is 2.19. The summed E-state index contributed by atoms with van der Waals surface area (Å²) in [7, 11) is 13.1. The van der Waals surface area contributed by atoms with Crippen LogP contribution in [0.2, 0.25) is 0 Å². The fourth-order valence-corrected chi connectivity index (χ4v) is 8.00. The SMILES string of the molecule is COc1cc(/C=C/c2cc[n+](CCCC(=O)CCCSSCCNC(=O)CCC[n+]3ccc(/C=C/c4cc(OC)c(OC)c(OC)c4)cc3)cc2)cc(OC)c1OC.[Cl-].[Cl-]. The Hall–Kier alpha value is -4.56. The standard InChI is InChI=1S/C45H56N3O8S2.2ClH/c1-51-39-30-36(31-40(52-2)44(39)55-5)15-13-34-17-24-47(25-18-34)22-7-10-38(49)11-9-28-57-58-29-21-46-43(50)12-8-23-48-26-19-35(20-27-48)14-16-37-32-41(53-3)45(56-6)42(33-37)54-4;;/h13-20,24-27,30-33H,7-12,21-23,28-29H2,1-6H3;2*1H/q+1;;/p-1/b15-13+,16-14+;;. The lowest BCUT2D eigenvalue weighted by Crippen LogP contribution is -3.00. The Morgan fingerprint density at radius 1 is 0.533 bits per heavy atom. The minimum atomic E-state index is 0. The molecule has 11 nitrogen and oxygen atoms in total.